The maximum absolute atomic E-state index is 13.6. The first-order chi connectivity index (χ1) is 13.4. The van der Waals surface area contributed by atoms with Crippen LogP contribution in [0.5, 0.6) is 0 Å². The molecule has 6 nitrogen and oxygen atoms in total. The van der Waals surface area contributed by atoms with E-state index in [-0.39, 0.29) is 37.4 Å². The number of benzene rings is 2. The summed E-state index contributed by atoms with van der Waals surface area (Å²) in [4.78, 5) is 37.0. The normalized spacial score (nSPS) is 10.4. The molecule has 0 fully saturated rings. The Bertz CT molecular complexity index is 844. The molecule has 0 heterocycles. The van der Waals surface area contributed by atoms with Crippen LogP contribution in [0.4, 0.5) is 8.78 Å². The first kappa shape index (κ1) is 21.0. The van der Waals surface area contributed by atoms with E-state index in [4.69, 9.17) is 5.73 Å². The molecule has 0 radical (unpaired) electrons. The van der Waals surface area contributed by atoms with Crippen LogP contribution in [0.2, 0.25) is 0 Å². The number of nitrogens with zero attached hydrogens (tertiary/aromatic N) is 1. The lowest BCUT2D eigenvalue weighted by Crippen LogP contribution is -2.36. The van der Waals surface area contributed by atoms with Gasteiger partial charge in [-0.1, -0.05) is 30.3 Å². The maximum atomic E-state index is 13.6. The number of carbonyl (C=O) groups excluding carboxylic acids is 3. The van der Waals surface area contributed by atoms with Crippen LogP contribution < -0.4 is 11.1 Å². The fourth-order valence-electron chi connectivity index (χ4n) is 2.55. The highest BCUT2D eigenvalue weighted by Crippen LogP contribution is 2.10. The molecule has 2 aromatic rings. The van der Waals surface area contributed by atoms with E-state index in [1.807, 2.05) is 30.3 Å². The van der Waals surface area contributed by atoms with E-state index in [1.54, 1.807) is 0 Å². The average Bonchev–Trinajstić information content (AvgIpc) is 2.65. The van der Waals surface area contributed by atoms with Crippen molar-refractivity contribution in [1.29, 1.82) is 0 Å². The molecule has 0 bridgehead atoms. The number of halogens is 2. The predicted molar refractivity (Wildman–Crippen MR) is 99.0 cm³/mol. The van der Waals surface area contributed by atoms with Gasteiger partial charge in [0.1, 0.15) is 11.6 Å². The molecule has 0 spiro atoms. The van der Waals surface area contributed by atoms with Crippen molar-refractivity contribution >= 4 is 17.7 Å². The second-order valence-electron chi connectivity index (χ2n) is 6.15. The van der Waals surface area contributed by atoms with E-state index in [0.29, 0.717) is 12.6 Å². The van der Waals surface area contributed by atoms with Gasteiger partial charge in [-0.25, -0.2) is 8.78 Å². The summed E-state index contributed by atoms with van der Waals surface area (Å²) in [6, 6.07) is 11.9. The summed E-state index contributed by atoms with van der Waals surface area (Å²) >= 11 is 0. The minimum Gasteiger partial charge on any atom is -0.370 e. The summed E-state index contributed by atoms with van der Waals surface area (Å²) in [5.41, 5.74) is 5.75. The Morgan fingerprint density at radius 1 is 1.00 bits per heavy atom. The number of amides is 3. The van der Waals surface area contributed by atoms with Crippen LogP contribution in [0.25, 0.3) is 0 Å². The number of hydrogen-bond donors (Lipinski definition) is 2. The molecule has 0 aliphatic heterocycles. The first-order valence-electron chi connectivity index (χ1n) is 8.70. The zero-order valence-corrected chi connectivity index (χ0v) is 15.2. The Hall–Kier alpha value is -3.29. The summed E-state index contributed by atoms with van der Waals surface area (Å²) in [7, 11) is 0. The molecular weight excluding hydrogens is 368 g/mol. The van der Waals surface area contributed by atoms with Crippen LogP contribution in [-0.4, -0.2) is 35.7 Å². The maximum Gasteiger partial charge on any atom is 0.254 e. The number of primary amides is 1. The largest absolute Gasteiger partial charge is 0.370 e. The Kier molecular flexibility index (Phi) is 7.62. The van der Waals surface area contributed by atoms with Crippen LogP contribution in [0.1, 0.15) is 28.8 Å². The summed E-state index contributed by atoms with van der Waals surface area (Å²) in [6.07, 6.45) is -0.0220. The predicted octanol–water partition coefficient (Wildman–Crippen LogP) is 1.99. The minimum absolute atomic E-state index is 0.0196. The van der Waals surface area contributed by atoms with Gasteiger partial charge < -0.3 is 16.0 Å². The summed E-state index contributed by atoms with van der Waals surface area (Å²) in [6.45, 7) is 0.424. The van der Waals surface area contributed by atoms with Crippen molar-refractivity contribution in [1.82, 2.24) is 10.2 Å². The SMILES string of the molecule is NC(=O)CCN(Cc1ccccc1)C(=O)CCNC(=O)c1ccc(F)cc1F. The highest BCUT2D eigenvalue weighted by atomic mass is 19.1. The Morgan fingerprint density at radius 3 is 2.36 bits per heavy atom. The third kappa shape index (κ3) is 6.46. The van der Waals surface area contributed by atoms with Crippen molar-refractivity contribution in [3.05, 3.63) is 71.3 Å². The van der Waals surface area contributed by atoms with Gasteiger partial charge in [-0.3, -0.25) is 14.4 Å². The molecule has 0 saturated carbocycles. The van der Waals surface area contributed by atoms with Gasteiger partial charge in [0.15, 0.2) is 0 Å². The van der Waals surface area contributed by atoms with E-state index >= 15 is 0 Å². The Morgan fingerprint density at radius 2 is 1.71 bits per heavy atom. The van der Waals surface area contributed by atoms with Gasteiger partial charge in [0, 0.05) is 38.5 Å². The van der Waals surface area contributed by atoms with Crippen molar-refractivity contribution in [2.75, 3.05) is 13.1 Å². The minimum atomic E-state index is -0.976. The van der Waals surface area contributed by atoms with Crippen LogP contribution in [0.3, 0.4) is 0 Å². The molecule has 0 aromatic heterocycles. The second-order valence-corrected chi connectivity index (χ2v) is 6.15. The van der Waals surface area contributed by atoms with Crippen LogP contribution in [0.15, 0.2) is 48.5 Å². The first-order valence-corrected chi connectivity index (χ1v) is 8.70. The van der Waals surface area contributed by atoms with Gasteiger partial charge >= 0.3 is 0 Å². The molecule has 0 atom stereocenters. The number of hydrogen-bond acceptors (Lipinski definition) is 3. The van der Waals surface area contributed by atoms with Crippen molar-refractivity contribution in [2.45, 2.75) is 19.4 Å². The monoisotopic (exact) mass is 389 g/mol. The summed E-state index contributed by atoms with van der Waals surface area (Å²) in [5.74, 6) is -3.31. The molecule has 3 N–H and O–H groups in total. The lowest BCUT2D eigenvalue weighted by atomic mass is 10.2. The molecule has 3 amide bonds. The molecule has 2 rings (SSSR count). The smallest absolute Gasteiger partial charge is 0.254 e. The van der Waals surface area contributed by atoms with E-state index < -0.39 is 23.4 Å². The quantitative estimate of drug-likeness (QED) is 0.687. The van der Waals surface area contributed by atoms with E-state index in [9.17, 15) is 23.2 Å². The van der Waals surface area contributed by atoms with Gasteiger partial charge in [-0.05, 0) is 17.7 Å². The number of carbonyl (C=O) groups is 3. The van der Waals surface area contributed by atoms with Crippen LogP contribution in [0, 0.1) is 11.6 Å². The standard InChI is InChI=1S/C20H21F2N3O3/c21-15-6-7-16(17(22)12-15)20(28)24-10-8-19(27)25(11-9-18(23)26)13-14-4-2-1-3-5-14/h1-7,12H,8-11,13H2,(H2,23,26)(H,24,28). The Balaban J connectivity index is 1.92. The lowest BCUT2D eigenvalue weighted by molar-refractivity contribution is -0.132. The zero-order valence-electron chi connectivity index (χ0n) is 15.2. The van der Waals surface area contributed by atoms with E-state index in [1.165, 1.54) is 4.90 Å². The average molecular weight is 389 g/mol. The fourth-order valence-corrected chi connectivity index (χ4v) is 2.55. The lowest BCUT2D eigenvalue weighted by Gasteiger charge is -2.22. The van der Waals surface area contributed by atoms with Crippen molar-refractivity contribution in [3.63, 3.8) is 0 Å². The van der Waals surface area contributed by atoms with Crippen LogP contribution in [-0.2, 0) is 16.1 Å². The molecule has 8 heteroatoms. The van der Waals surface area contributed by atoms with Crippen molar-refractivity contribution in [3.8, 4) is 0 Å². The number of rotatable bonds is 9. The van der Waals surface area contributed by atoms with E-state index in [0.717, 1.165) is 17.7 Å². The topological polar surface area (TPSA) is 92.5 Å². The molecule has 0 aliphatic carbocycles. The van der Waals surface area contributed by atoms with Gasteiger partial charge in [-0.2, -0.15) is 0 Å². The van der Waals surface area contributed by atoms with E-state index in [2.05, 4.69) is 5.32 Å². The molecule has 2 aromatic carbocycles. The third-order valence-corrected chi connectivity index (χ3v) is 4.00. The Labute approximate surface area is 161 Å². The van der Waals surface area contributed by atoms with Gasteiger partial charge in [-0.15, -0.1) is 0 Å². The summed E-state index contributed by atoms with van der Waals surface area (Å²) in [5, 5.41) is 2.43. The fraction of sp³-hybridized carbons (Fsp3) is 0.250. The van der Waals surface area contributed by atoms with Gasteiger partial charge in [0.25, 0.3) is 5.91 Å². The molecule has 0 aliphatic rings. The van der Waals surface area contributed by atoms with Gasteiger partial charge in [0.05, 0.1) is 5.56 Å². The van der Waals surface area contributed by atoms with Gasteiger partial charge in [0.2, 0.25) is 11.8 Å². The summed E-state index contributed by atoms with van der Waals surface area (Å²) < 4.78 is 26.5. The van der Waals surface area contributed by atoms with Crippen molar-refractivity contribution < 1.29 is 23.2 Å². The number of nitrogens with one attached hydrogen (secondary N) is 1. The molecular formula is C20H21F2N3O3. The highest BCUT2D eigenvalue weighted by Gasteiger charge is 2.16. The molecule has 0 unspecified atom stereocenters. The van der Waals surface area contributed by atoms with Crippen LogP contribution >= 0.6 is 0 Å². The highest BCUT2D eigenvalue weighted by molar-refractivity contribution is 5.94. The number of nitrogens with two attached hydrogens (primary N) is 1. The molecule has 28 heavy (non-hydrogen) atoms. The van der Waals surface area contributed by atoms with Crippen molar-refractivity contribution in [2.24, 2.45) is 5.73 Å². The zero-order chi connectivity index (χ0) is 20.5. The molecule has 0 saturated heterocycles. The second kappa shape index (κ2) is 10.1. The molecule has 148 valence electrons. The third-order valence-electron chi connectivity index (χ3n) is 4.00.